The average Bonchev–Trinajstić information content (AvgIpc) is 3.20. The first-order chi connectivity index (χ1) is 13.1. The zero-order valence-electron chi connectivity index (χ0n) is 14.9. The summed E-state index contributed by atoms with van der Waals surface area (Å²) in [6.07, 6.45) is 2.10. The Bertz CT molecular complexity index is 807. The van der Waals surface area contributed by atoms with E-state index < -0.39 is 0 Å². The lowest BCUT2D eigenvalue weighted by Crippen LogP contribution is -2.32. The van der Waals surface area contributed by atoms with Gasteiger partial charge in [0.1, 0.15) is 5.75 Å². The molecule has 0 bridgehead atoms. The van der Waals surface area contributed by atoms with Crippen molar-refractivity contribution in [3.63, 3.8) is 0 Å². The van der Waals surface area contributed by atoms with Crippen LogP contribution in [0, 0.1) is 0 Å². The van der Waals surface area contributed by atoms with Crippen molar-refractivity contribution in [2.45, 2.75) is 19.4 Å². The molecule has 0 aromatic heterocycles. The highest BCUT2D eigenvalue weighted by Crippen LogP contribution is 2.17. The Labute approximate surface area is 163 Å². The molecule has 0 saturated carbocycles. The fourth-order valence-corrected chi connectivity index (χ4v) is 3.02. The Morgan fingerprint density at radius 2 is 1.85 bits per heavy atom. The molecule has 2 aromatic rings. The van der Waals surface area contributed by atoms with Crippen LogP contribution >= 0.6 is 11.6 Å². The predicted octanol–water partition coefficient (Wildman–Crippen LogP) is 3.66. The van der Waals surface area contributed by atoms with Crippen molar-refractivity contribution in [2.24, 2.45) is 0 Å². The van der Waals surface area contributed by atoms with Gasteiger partial charge in [-0.25, -0.2) is 4.79 Å². The van der Waals surface area contributed by atoms with Crippen LogP contribution in [0.4, 0.5) is 10.5 Å². The maximum Gasteiger partial charge on any atom is 0.321 e. The minimum Gasteiger partial charge on any atom is -0.484 e. The van der Waals surface area contributed by atoms with E-state index in [2.05, 4.69) is 10.6 Å². The summed E-state index contributed by atoms with van der Waals surface area (Å²) >= 11 is 5.88. The third-order valence-corrected chi connectivity index (χ3v) is 4.46. The first kappa shape index (κ1) is 19.0. The number of carbonyl (C=O) groups excluding carboxylic acids is 2. The number of anilines is 1. The maximum absolute atomic E-state index is 12.2. The van der Waals surface area contributed by atoms with Gasteiger partial charge in [0.2, 0.25) is 0 Å². The number of carbonyl (C=O) groups is 2. The molecule has 1 aliphatic rings. The highest BCUT2D eigenvalue weighted by Gasteiger charge is 2.17. The molecule has 142 valence electrons. The molecule has 7 heteroatoms. The van der Waals surface area contributed by atoms with Gasteiger partial charge in [-0.15, -0.1) is 0 Å². The number of ether oxygens (including phenoxy) is 1. The Hall–Kier alpha value is -2.73. The second-order valence-electron chi connectivity index (χ2n) is 6.35. The molecule has 0 atom stereocenters. The quantitative estimate of drug-likeness (QED) is 0.794. The first-order valence-electron chi connectivity index (χ1n) is 8.90. The van der Waals surface area contributed by atoms with Gasteiger partial charge in [0.15, 0.2) is 6.61 Å². The number of nitrogens with zero attached hydrogens (tertiary/aromatic N) is 1. The number of halogens is 1. The molecule has 6 nitrogen and oxygen atoms in total. The van der Waals surface area contributed by atoms with E-state index in [1.54, 1.807) is 24.3 Å². The van der Waals surface area contributed by atoms with Crippen LogP contribution in [0.15, 0.2) is 48.5 Å². The van der Waals surface area contributed by atoms with E-state index >= 15 is 0 Å². The van der Waals surface area contributed by atoms with Crippen molar-refractivity contribution in [1.29, 1.82) is 0 Å². The largest absolute Gasteiger partial charge is 0.484 e. The van der Waals surface area contributed by atoms with Gasteiger partial charge >= 0.3 is 6.03 Å². The summed E-state index contributed by atoms with van der Waals surface area (Å²) in [5.74, 6) is 0.311. The molecule has 27 heavy (non-hydrogen) atoms. The van der Waals surface area contributed by atoms with Crippen LogP contribution in [0.3, 0.4) is 0 Å². The minimum absolute atomic E-state index is 0.0800. The second kappa shape index (κ2) is 9.28. The maximum atomic E-state index is 12.2. The van der Waals surface area contributed by atoms with Crippen molar-refractivity contribution in [2.75, 3.05) is 25.0 Å². The Morgan fingerprint density at radius 3 is 2.63 bits per heavy atom. The Morgan fingerprint density at radius 1 is 1.07 bits per heavy atom. The number of nitrogens with one attached hydrogen (secondary N) is 2. The van der Waals surface area contributed by atoms with Gasteiger partial charge < -0.3 is 20.3 Å². The standard InChI is InChI=1S/C20H22ClN3O3/c21-16-6-4-8-18(12-16)27-14-19(25)22-13-15-5-3-7-17(11-15)23-20(26)24-9-1-2-10-24/h3-8,11-12H,1-2,9-10,13-14H2,(H,22,25)(H,23,26). The summed E-state index contributed by atoms with van der Waals surface area (Å²) in [5, 5.41) is 6.26. The molecule has 1 heterocycles. The number of amides is 3. The van der Waals surface area contributed by atoms with Crippen molar-refractivity contribution >= 4 is 29.2 Å². The fourth-order valence-electron chi connectivity index (χ4n) is 2.84. The van der Waals surface area contributed by atoms with Gasteiger partial charge in [0, 0.05) is 30.3 Å². The van der Waals surface area contributed by atoms with Gasteiger partial charge in [0.25, 0.3) is 5.91 Å². The molecule has 1 fully saturated rings. The van der Waals surface area contributed by atoms with E-state index in [0.717, 1.165) is 31.5 Å². The monoisotopic (exact) mass is 387 g/mol. The number of urea groups is 1. The van der Waals surface area contributed by atoms with Crippen LogP contribution < -0.4 is 15.4 Å². The van der Waals surface area contributed by atoms with Crippen molar-refractivity contribution in [3.8, 4) is 5.75 Å². The third kappa shape index (κ3) is 5.89. The Balaban J connectivity index is 1.46. The lowest BCUT2D eigenvalue weighted by atomic mass is 10.2. The fraction of sp³-hybridized carbons (Fsp3) is 0.300. The predicted molar refractivity (Wildman–Crippen MR) is 105 cm³/mol. The highest BCUT2D eigenvalue weighted by molar-refractivity contribution is 6.30. The summed E-state index contributed by atoms with van der Waals surface area (Å²) in [5.41, 5.74) is 1.61. The normalized spacial score (nSPS) is 13.3. The van der Waals surface area contributed by atoms with Gasteiger partial charge in [-0.1, -0.05) is 29.8 Å². The summed E-state index contributed by atoms with van der Waals surface area (Å²) < 4.78 is 5.41. The van der Waals surface area contributed by atoms with E-state index in [1.807, 2.05) is 29.2 Å². The molecule has 0 spiro atoms. The zero-order chi connectivity index (χ0) is 19.1. The second-order valence-corrected chi connectivity index (χ2v) is 6.78. The molecule has 2 aromatic carbocycles. The van der Waals surface area contributed by atoms with Gasteiger partial charge in [-0.3, -0.25) is 4.79 Å². The molecule has 3 rings (SSSR count). The highest BCUT2D eigenvalue weighted by atomic mass is 35.5. The number of hydrogen-bond donors (Lipinski definition) is 2. The van der Waals surface area contributed by atoms with Gasteiger partial charge in [-0.2, -0.15) is 0 Å². The lowest BCUT2D eigenvalue weighted by molar-refractivity contribution is -0.123. The van der Waals surface area contributed by atoms with Gasteiger partial charge in [0.05, 0.1) is 0 Å². The summed E-state index contributed by atoms with van der Waals surface area (Å²) in [6, 6.07) is 14.2. The zero-order valence-corrected chi connectivity index (χ0v) is 15.7. The van der Waals surface area contributed by atoms with Crippen LogP contribution in [0.1, 0.15) is 18.4 Å². The van der Waals surface area contributed by atoms with Gasteiger partial charge in [-0.05, 0) is 48.7 Å². The summed E-state index contributed by atoms with van der Waals surface area (Å²) in [4.78, 5) is 25.9. The van der Waals surface area contributed by atoms with Crippen molar-refractivity contribution in [1.82, 2.24) is 10.2 Å². The van der Waals surface area contributed by atoms with Crippen LogP contribution in [0.25, 0.3) is 0 Å². The summed E-state index contributed by atoms with van der Waals surface area (Å²) in [7, 11) is 0. The molecule has 0 unspecified atom stereocenters. The van der Waals surface area contributed by atoms with Crippen molar-refractivity contribution < 1.29 is 14.3 Å². The molecule has 3 amide bonds. The lowest BCUT2D eigenvalue weighted by Gasteiger charge is -2.16. The number of hydrogen-bond acceptors (Lipinski definition) is 3. The smallest absolute Gasteiger partial charge is 0.321 e. The minimum atomic E-state index is -0.235. The van der Waals surface area contributed by atoms with Crippen LogP contribution in [0.5, 0.6) is 5.75 Å². The topological polar surface area (TPSA) is 70.7 Å². The Kier molecular flexibility index (Phi) is 6.54. The van der Waals surface area contributed by atoms with Crippen LogP contribution in [-0.4, -0.2) is 36.5 Å². The average molecular weight is 388 g/mol. The molecule has 1 saturated heterocycles. The third-order valence-electron chi connectivity index (χ3n) is 4.23. The number of rotatable bonds is 6. The first-order valence-corrected chi connectivity index (χ1v) is 9.28. The van der Waals surface area contributed by atoms with E-state index in [1.165, 1.54) is 0 Å². The van der Waals surface area contributed by atoms with E-state index in [0.29, 0.717) is 23.0 Å². The van der Waals surface area contributed by atoms with E-state index in [9.17, 15) is 9.59 Å². The van der Waals surface area contributed by atoms with E-state index in [4.69, 9.17) is 16.3 Å². The molecule has 0 radical (unpaired) electrons. The SMILES string of the molecule is O=C(COc1cccc(Cl)c1)NCc1cccc(NC(=O)N2CCCC2)c1. The molecular formula is C20H22ClN3O3. The molecule has 1 aliphatic heterocycles. The number of likely N-dealkylation sites (tertiary alicyclic amines) is 1. The summed E-state index contributed by atoms with van der Waals surface area (Å²) in [6.45, 7) is 1.86. The van der Waals surface area contributed by atoms with Crippen molar-refractivity contribution in [3.05, 3.63) is 59.1 Å². The van der Waals surface area contributed by atoms with E-state index in [-0.39, 0.29) is 18.5 Å². The van der Waals surface area contributed by atoms with Crippen LogP contribution in [0.2, 0.25) is 5.02 Å². The molecule has 0 aliphatic carbocycles. The molecule has 2 N–H and O–H groups in total. The van der Waals surface area contributed by atoms with Crippen LogP contribution in [-0.2, 0) is 11.3 Å². The number of benzene rings is 2. The molecular weight excluding hydrogens is 366 g/mol.